The van der Waals surface area contributed by atoms with Crippen LogP contribution in [0.3, 0.4) is 0 Å². The van der Waals surface area contributed by atoms with Crippen LogP contribution in [0.2, 0.25) is 0 Å². The number of hydrogen-bond donors (Lipinski definition) is 0. The lowest BCUT2D eigenvalue weighted by atomic mass is 9.73. The highest BCUT2D eigenvalue weighted by molar-refractivity contribution is 6.10. The van der Waals surface area contributed by atoms with Crippen LogP contribution >= 0.6 is 0 Å². The van der Waals surface area contributed by atoms with Crippen LogP contribution in [0.5, 0.6) is 11.5 Å². The van der Waals surface area contributed by atoms with Crippen molar-refractivity contribution in [3.63, 3.8) is 0 Å². The average Bonchev–Trinajstić information content (AvgIpc) is 2.84. The zero-order valence-corrected chi connectivity index (χ0v) is 18.7. The number of benzene rings is 2. The van der Waals surface area contributed by atoms with Gasteiger partial charge in [0.25, 0.3) is 0 Å². The minimum Gasteiger partial charge on any atom is -0.497 e. The van der Waals surface area contributed by atoms with Crippen LogP contribution < -0.4 is 9.47 Å². The summed E-state index contributed by atoms with van der Waals surface area (Å²) in [5.41, 5.74) is 1.44. The van der Waals surface area contributed by atoms with Gasteiger partial charge in [-0.15, -0.1) is 0 Å². The van der Waals surface area contributed by atoms with E-state index in [-0.39, 0.29) is 0 Å². The van der Waals surface area contributed by atoms with Crippen molar-refractivity contribution in [2.24, 2.45) is 11.8 Å². The highest BCUT2D eigenvalue weighted by atomic mass is 16.5. The van der Waals surface area contributed by atoms with E-state index >= 15 is 0 Å². The van der Waals surface area contributed by atoms with Crippen LogP contribution in [0.25, 0.3) is 0 Å². The fraction of sp³-hybridized carbons (Fsp3) is 0.375. The number of Topliss-reactive ketones (excluding diaryl/α,β-unsaturated/α-hetero) is 1. The first kappa shape index (κ1) is 23.3. The predicted octanol–water partition coefficient (Wildman–Crippen LogP) is 2.58. The normalized spacial score (nSPS) is 23.3. The van der Waals surface area contributed by atoms with Gasteiger partial charge in [-0.1, -0.05) is 24.3 Å². The molecule has 2 aromatic carbocycles. The summed E-state index contributed by atoms with van der Waals surface area (Å²) in [7, 11) is 7.35. The molecule has 0 aromatic heterocycles. The first-order chi connectivity index (χ1) is 15.4. The molecule has 1 heterocycles. The standard InChI is InChI=1S/C24H27NO7/c1-25-20(14-6-10-16(29-2)11-7-14)18(23(27)31-4)22(26)19(24(28)32-5)21(25)15-8-12-17(30-3)13-9-15/h6-13,18-21H,1-5H3. The minimum atomic E-state index is -1.20. The van der Waals surface area contributed by atoms with Crippen molar-refractivity contribution in [1.29, 1.82) is 0 Å². The zero-order chi connectivity index (χ0) is 23.4. The molecule has 8 nitrogen and oxygen atoms in total. The Morgan fingerprint density at radius 3 is 1.31 bits per heavy atom. The summed E-state index contributed by atoms with van der Waals surface area (Å²) in [5.74, 6) is -3.05. The van der Waals surface area contributed by atoms with Crippen LogP contribution in [0.15, 0.2) is 48.5 Å². The zero-order valence-electron chi connectivity index (χ0n) is 18.7. The van der Waals surface area contributed by atoms with Gasteiger partial charge >= 0.3 is 11.9 Å². The smallest absolute Gasteiger partial charge is 0.318 e. The van der Waals surface area contributed by atoms with Crippen molar-refractivity contribution in [2.75, 3.05) is 35.5 Å². The lowest BCUT2D eigenvalue weighted by Crippen LogP contribution is -2.54. The minimum absolute atomic E-state index is 0.538. The second-order valence-electron chi connectivity index (χ2n) is 7.51. The quantitative estimate of drug-likeness (QED) is 0.499. The Morgan fingerprint density at radius 1 is 0.688 bits per heavy atom. The van der Waals surface area contributed by atoms with Crippen LogP contribution in [-0.2, 0) is 23.9 Å². The van der Waals surface area contributed by atoms with Gasteiger partial charge in [0, 0.05) is 0 Å². The Labute approximate surface area is 187 Å². The molecule has 4 unspecified atom stereocenters. The Morgan fingerprint density at radius 2 is 1.03 bits per heavy atom. The van der Waals surface area contributed by atoms with Gasteiger partial charge in [0.1, 0.15) is 23.3 Å². The van der Waals surface area contributed by atoms with Gasteiger partial charge in [0.15, 0.2) is 5.78 Å². The Hall–Kier alpha value is -3.39. The van der Waals surface area contributed by atoms with E-state index in [4.69, 9.17) is 18.9 Å². The molecule has 2 aromatic rings. The molecular formula is C24H27NO7. The highest BCUT2D eigenvalue weighted by Gasteiger charge is 2.54. The summed E-state index contributed by atoms with van der Waals surface area (Å²) in [6.45, 7) is 0. The van der Waals surface area contributed by atoms with E-state index in [0.29, 0.717) is 11.5 Å². The number of piperidine rings is 1. The molecule has 1 saturated heterocycles. The van der Waals surface area contributed by atoms with E-state index in [0.717, 1.165) is 11.1 Å². The summed E-state index contributed by atoms with van der Waals surface area (Å²) < 4.78 is 20.4. The van der Waals surface area contributed by atoms with Crippen molar-refractivity contribution in [3.8, 4) is 11.5 Å². The van der Waals surface area contributed by atoms with Crippen molar-refractivity contribution in [1.82, 2.24) is 4.90 Å². The van der Waals surface area contributed by atoms with E-state index in [2.05, 4.69) is 0 Å². The van der Waals surface area contributed by atoms with Gasteiger partial charge in [0.2, 0.25) is 0 Å². The molecule has 3 rings (SSSR count). The number of ketones is 1. The van der Waals surface area contributed by atoms with Crippen molar-refractivity contribution in [3.05, 3.63) is 59.7 Å². The molecule has 0 saturated carbocycles. The van der Waals surface area contributed by atoms with Gasteiger partial charge in [-0.05, 0) is 42.4 Å². The molecule has 0 radical (unpaired) electrons. The summed E-state index contributed by atoms with van der Waals surface area (Å²) >= 11 is 0. The number of likely N-dealkylation sites (tertiary alicyclic amines) is 1. The van der Waals surface area contributed by atoms with Gasteiger partial charge in [-0.2, -0.15) is 0 Å². The van der Waals surface area contributed by atoms with Crippen molar-refractivity contribution in [2.45, 2.75) is 12.1 Å². The Balaban J connectivity index is 2.16. The van der Waals surface area contributed by atoms with E-state index in [1.165, 1.54) is 14.2 Å². The molecule has 1 aliphatic heterocycles. The molecule has 0 spiro atoms. The van der Waals surface area contributed by atoms with Crippen LogP contribution in [-0.4, -0.2) is 58.1 Å². The number of ether oxygens (including phenoxy) is 4. The highest BCUT2D eigenvalue weighted by Crippen LogP contribution is 2.46. The van der Waals surface area contributed by atoms with E-state index < -0.39 is 41.6 Å². The lowest BCUT2D eigenvalue weighted by Gasteiger charge is -2.46. The first-order valence-corrected chi connectivity index (χ1v) is 10.1. The third-order valence-corrected chi connectivity index (χ3v) is 5.95. The van der Waals surface area contributed by atoms with Crippen LogP contribution in [0.4, 0.5) is 0 Å². The average molecular weight is 441 g/mol. The fourth-order valence-corrected chi connectivity index (χ4v) is 4.35. The van der Waals surface area contributed by atoms with E-state index in [1.54, 1.807) is 69.8 Å². The Bertz CT molecular complexity index is 893. The number of methoxy groups -OCH3 is 4. The van der Waals surface area contributed by atoms with Crippen molar-refractivity contribution < 1.29 is 33.3 Å². The van der Waals surface area contributed by atoms with E-state index in [9.17, 15) is 14.4 Å². The lowest BCUT2D eigenvalue weighted by molar-refractivity contribution is -0.167. The molecule has 0 bridgehead atoms. The summed E-state index contributed by atoms with van der Waals surface area (Å²) in [6, 6.07) is 12.9. The number of nitrogens with zero attached hydrogens (tertiary/aromatic N) is 1. The van der Waals surface area contributed by atoms with Crippen molar-refractivity contribution >= 4 is 17.7 Å². The van der Waals surface area contributed by atoms with Gasteiger partial charge in [-0.3, -0.25) is 19.3 Å². The third kappa shape index (κ3) is 4.18. The molecule has 170 valence electrons. The number of carbonyl (C=O) groups excluding carboxylic acids is 3. The summed E-state index contributed by atoms with van der Waals surface area (Å²) in [6.07, 6.45) is 0. The van der Waals surface area contributed by atoms with Crippen LogP contribution in [0.1, 0.15) is 23.2 Å². The predicted molar refractivity (Wildman–Crippen MR) is 115 cm³/mol. The maximum Gasteiger partial charge on any atom is 0.318 e. The second-order valence-corrected chi connectivity index (χ2v) is 7.51. The third-order valence-electron chi connectivity index (χ3n) is 5.95. The molecular weight excluding hydrogens is 414 g/mol. The SMILES string of the molecule is COC(=O)C1C(=O)C(C(=O)OC)C(c2ccc(OC)cc2)N(C)C1c1ccc(OC)cc1. The second kappa shape index (κ2) is 9.82. The molecule has 4 atom stereocenters. The maximum atomic E-state index is 13.6. The topological polar surface area (TPSA) is 91.4 Å². The fourth-order valence-electron chi connectivity index (χ4n) is 4.35. The monoisotopic (exact) mass is 441 g/mol. The molecule has 1 fully saturated rings. The molecule has 1 aliphatic rings. The van der Waals surface area contributed by atoms with Gasteiger partial charge in [0.05, 0.1) is 40.5 Å². The number of hydrogen-bond acceptors (Lipinski definition) is 8. The van der Waals surface area contributed by atoms with Crippen LogP contribution in [0, 0.1) is 11.8 Å². The number of esters is 2. The molecule has 0 amide bonds. The summed E-state index contributed by atoms with van der Waals surface area (Å²) in [4.78, 5) is 41.0. The molecule has 0 aliphatic carbocycles. The maximum absolute atomic E-state index is 13.6. The number of carbonyl (C=O) groups is 3. The largest absolute Gasteiger partial charge is 0.497 e. The van der Waals surface area contributed by atoms with Gasteiger partial charge in [-0.25, -0.2) is 0 Å². The van der Waals surface area contributed by atoms with E-state index in [1.807, 2.05) is 4.90 Å². The molecule has 0 N–H and O–H groups in total. The number of rotatable bonds is 6. The molecule has 32 heavy (non-hydrogen) atoms. The van der Waals surface area contributed by atoms with Gasteiger partial charge < -0.3 is 18.9 Å². The Kier molecular flexibility index (Phi) is 7.15. The molecule has 8 heteroatoms. The summed E-state index contributed by atoms with van der Waals surface area (Å²) in [5, 5.41) is 0. The first-order valence-electron chi connectivity index (χ1n) is 10.1.